The van der Waals surface area contributed by atoms with Crippen LogP contribution < -0.4 is 9.67 Å². The molecule has 0 saturated heterocycles. The summed E-state index contributed by atoms with van der Waals surface area (Å²) < 4.78 is 67.3. The van der Waals surface area contributed by atoms with Gasteiger partial charge < -0.3 is 0 Å². The van der Waals surface area contributed by atoms with Crippen molar-refractivity contribution >= 4 is 53.3 Å². The molecule has 2 aromatic carbocycles. The number of aromatic hydroxyl groups is 1. The summed E-state index contributed by atoms with van der Waals surface area (Å²) in [6.07, 6.45) is -3.43. The SMILES string of the molecule is CC(=O)Nc1ccc(O)c([As](=O)(O)O)c1.N#Cc1cn(-c2c(Cl)cc(C(F)(F)F)cc2Cl)nc1C#N. The first-order valence-electron chi connectivity index (χ1n) is 9.21. The van der Waals surface area contributed by atoms with Crippen LogP contribution in [-0.2, 0) is 14.7 Å². The van der Waals surface area contributed by atoms with Crippen molar-refractivity contribution in [3.05, 3.63) is 63.4 Å². The Morgan fingerprint density at radius 1 is 1.14 bits per heavy atom. The number of amides is 1. The van der Waals surface area contributed by atoms with Crippen LogP contribution in [0.5, 0.6) is 5.75 Å². The summed E-state index contributed by atoms with van der Waals surface area (Å²) in [5.74, 6) is -0.832. The van der Waals surface area contributed by atoms with Crippen molar-refractivity contribution < 1.29 is 35.0 Å². The van der Waals surface area contributed by atoms with Crippen molar-refractivity contribution in [3.8, 4) is 23.6 Å². The number of phenols is 1. The van der Waals surface area contributed by atoms with E-state index in [9.17, 15) is 26.8 Å². The predicted octanol–water partition coefficient (Wildman–Crippen LogP) is 2.85. The van der Waals surface area contributed by atoms with Crippen LogP contribution in [0.15, 0.2) is 36.5 Å². The summed E-state index contributed by atoms with van der Waals surface area (Å²) in [6, 6.07) is 8.37. The van der Waals surface area contributed by atoms with Gasteiger partial charge in [-0.2, -0.15) is 28.8 Å². The molecule has 36 heavy (non-hydrogen) atoms. The first kappa shape index (κ1) is 28.8. The van der Waals surface area contributed by atoms with E-state index >= 15 is 0 Å². The number of hydrogen-bond donors (Lipinski definition) is 4. The second kappa shape index (κ2) is 11.1. The molecule has 188 valence electrons. The van der Waals surface area contributed by atoms with Crippen molar-refractivity contribution in [1.29, 1.82) is 10.5 Å². The minimum atomic E-state index is -5.15. The fourth-order valence-corrected chi connectivity index (χ4v) is 4.73. The average Bonchev–Trinajstić information content (AvgIpc) is 3.16. The van der Waals surface area contributed by atoms with Crippen LogP contribution in [0.1, 0.15) is 23.7 Å². The zero-order chi connectivity index (χ0) is 27.4. The Balaban J connectivity index is 0.000000269. The molecule has 0 unspecified atom stereocenters. The maximum absolute atomic E-state index is 12.6. The molecule has 0 aliphatic heterocycles. The molecule has 4 N–H and O–H groups in total. The number of anilines is 1. The summed E-state index contributed by atoms with van der Waals surface area (Å²) in [6.45, 7) is 1.27. The number of nitriles is 2. The fraction of sp³-hybridized carbons (Fsp3) is 0.100. The minimum absolute atomic E-state index is 0.0375. The Hall–Kier alpha value is -3.45. The third-order valence-electron chi connectivity index (χ3n) is 4.12. The van der Waals surface area contributed by atoms with Crippen LogP contribution in [0.3, 0.4) is 0 Å². The van der Waals surface area contributed by atoms with E-state index in [-0.39, 0.29) is 38.6 Å². The topological polar surface area (TPSA) is 172 Å². The molecule has 0 spiro atoms. The van der Waals surface area contributed by atoms with E-state index in [0.717, 1.165) is 16.8 Å². The molecular formula is C20H13AsCl2F3N5O5. The van der Waals surface area contributed by atoms with Gasteiger partial charge in [0.25, 0.3) is 0 Å². The van der Waals surface area contributed by atoms with Gasteiger partial charge >= 0.3 is 94.3 Å². The number of carbonyl (C=O) groups excluding carboxylic acids is 1. The van der Waals surface area contributed by atoms with Crippen LogP contribution in [0.25, 0.3) is 5.69 Å². The predicted molar refractivity (Wildman–Crippen MR) is 121 cm³/mol. The van der Waals surface area contributed by atoms with Crippen LogP contribution in [0.2, 0.25) is 10.0 Å². The Kier molecular flexibility index (Phi) is 8.86. The number of aromatic nitrogens is 2. The molecule has 0 fully saturated rings. The summed E-state index contributed by atoms with van der Waals surface area (Å²) in [5.41, 5.74) is -1.02. The minimum Gasteiger partial charge on any atom is -0.235 e. The second-order valence-electron chi connectivity index (χ2n) is 6.77. The number of hydrogen-bond acceptors (Lipinski definition) is 6. The van der Waals surface area contributed by atoms with Crippen LogP contribution >= 0.6 is 23.2 Å². The third-order valence-corrected chi connectivity index (χ3v) is 6.77. The molecule has 3 rings (SSSR count). The molecule has 0 bridgehead atoms. The first-order chi connectivity index (χ1) is 16.6. The summed E-state index contributed by atoms with van der Waals surface area (Å²) in [4.78, 5) is 10.7. The van der Waals surface area contributed by atoms with Crippen LogP contribution in [-0.4, -0.2) is 43.2 Å². The zero-order valence-corrected chi connectivity index (χ0v) is 21.1. The largest absolute Gasteiger partial charge is 0.416 e. The smallest absolute Gasteiger partial charge is 0.235 e. The van der Waals surface area contributed by atoms with Crippen LogP contribution in [0, 0.1) is 22.7 Å². The van der Waals surface area contributed by atoms with Crippen LogP contribution in [0.4, 0.5) is 18.9 Å². The van der Waals surface area contributed by atoms with Gasteiger partial charge in [0, 0.05) is 0 Å². The van der Waals surface area contributed by atoms with E-state index in [1.165, 1.54) is 19.2 Å². The van der Waals surface area contributed by atoms with E-state index in [2.05, 4.69) is 10.4 Å². The van der Waals surface area contributed by atoms with Crippen molar-refractivity contribution in [2.24, 2.45) is 0 Å². The molecular weight excluding hydrogens is 593 g/mol. The van der Waals surface area contributed by atoms with Gasteiger partial charge in [0.05, 0.1) is 21.8 Å². The van der Waals surface area contributed by atoms with Crippen molar-refractivity contribution in [3.63, 3.8) is 0 Å². The zero-order valence-electron chi connectivity index (χ0n) is 17.7. The summed E-state index contributed by atoms with van der Waals surface area (Å²) in [7, 11) is 0. The molecule has 1 heterocycles. The second-order valence-corrected chi connectivity index (χ2v) is 10.9. The van der Waals surface area contributed by atoms with E-state index in [0.29, 0.717) is 12.1 Å². The number of nitrogens with zero attached hydrogens (tertiary/aromatic N) is 4. The number of rotatable bonds is 3. The van der Waals surface area contributed by atoms with Crippen molar-refractivity contribution in [2.45, 2.75) is 13.1 Å². The van der Waals surface area contributed by atoms with Gasteiger partial charge in [-0.3, -0.25) is 0 Å². The molecule has 0 aliphatic carbocycles. The molecule has 16 heteroatoms. The average molecular weight is 606 g/mol. The van der Waals surface area contributed by atoms with Gasteiger partial charge in [-0.1, -0.05) is 23.2 Å². The standard InChI is InChI=1S/C12H3Cl2F3N4.C8H10AsNO5/c13-8-1-7(12(15,16)17)2-9(14)11(8)21-5-6(3-18)10(4-19)20-21;1-5(11)10-6-2-3-8(12)7(4-6)9(13,14)15/h1-2,5H;2-4,12H,1H3,(H,10,11)(H2,13,14,15). The van der Waals surface area contributed by atoms with Gasteiger partial charge in [0.2, 0.25) is 0 Å². The summed E-state index contributed by atoms with van der Waals surface area (Å²) >= 11 is 6.48. The number of halogens is 5. The molecule has 0 aliphatic rings. The van der Waals surface area contributed by atoms with Crippen molar-refractivity contribution in [2.75, 3.05) is 5.32 Å². The first-order valence-corrected chi connectivity index (χ1v) is 13.4. The van der Waals surface area contributed by atoms with Gasteiger partial charge in [0.1, 0.15) is 23.4 Å². The summed E-state index contributed by atoms with van der Waals surface area (Å²) in [5, 5.41) is 32.4. The van der Waals surface area contributed by atoms with E-state index < -0.39 is 36.0 Å². The Bertz CT molecular complexity index is 1400. The molecule has 1 aromatic heterocycles. The fourth-order valence-electron chi connectivity index (χ4n) is 2.64. The molecule has 10 nitrogen and oxygen atoms in total. The van der Waals surface area contributed by atoms with E-state index in [1.807, 2.05) is 0 Å². The number of phenolic OH excluding ortho intramolecular Hbond substituents is 1. The number of alkyl halides is 3. The normalized spacial score (nSPS) is 11.1. The number of carbonyl (C=O) groups is 1. The Morgan fingerprint density at radius 3 is 2.14 bits per heavy atom. The van der Waals surface area contributed by atoms with Gasteiger partial charge in [-0.15, -0.1) is 0 Å². The van der Waals surface area contributed by atoms with E-state index in [4.69, 9.17) is 41.9 Å². The van der Waals surface area contributed by atoms with Crippen molar-refractivity contribution in [1.82, 2.24) is 9.78 Å². The van der Waals surface area contributed by atoms with Gasteiger partial charge in [0.15, 0.2) is 5.69 Å². The number of benzene rings is 2. The maximum Gasteiger partial charge on any atom is 0.416 e. The van der Waals surface area contributed by atoms with Gasteiger partial charge in [-0.05, 0) is 12.1 Å². The quantitative estimate of drug-likeness (QED) is 0.260. The molecule has 3 aromatic rings. The molecule has 0 radical (unpaired) electrons. The number of nitrogens with one attached hydrogen (secondary N) is 1. The molecule has 1 amide bonds. The monoisotopic (exact) mass is 605 g/mol. The molecule has 0 saturated carbocycles. The van der Waals surface area contributed by atoms with E-state index in [1.54, 1.807) is 12.1 Å². The third kappa shape index (κ3) is 7.04. The van der Waals surface area contributed by atoms with Gasteiger partial charge in [-0.25, -0.2) is 4.68 Å². The Morgan fingerprint density at radius 2 is 1.72 bits per heavy atom. The maximum atomic E-state index is 12.6. The molecule has 0 atom stereocenters. The Labute approximate surface area is 213 Å².